The van der Waals surface area contributed by atoms with E-state index in [0.29, 0.717) is 44.2 Å². The van der Waals surface area contributed by atoms with Crippen molar-refractivity contribution in [1.82, 2.24) is 0 Å². The lowest BCUT2D eigenvalue weighted by Crippen LogP contribution is -2.02. The van der Waals surface area contributed by atoms with E-state index < -0.39 is 11.2 Å². The van der Waals surface area contributed by atoms with Gasteiger partial charge in [0.05, 0.1) is 0 Å². The Morgan fingerprint density at radius 3 is 1.30 bits per heavy atom. The Morgan fingerprint density at radius 1 is 0.533 bits per heavy atom. The van der Waals surface area contributed by atoms with Crippen LogP contribution >= 0.6 is 0 Å². The predicted octanol–water partition coefficient (Wildman–Crippen LogP) is 5.60. The highest BCUT2D eigenvalue weighted by atomic mass is 32.2. The van der Waals surface area contributed by atoms with Crippen LogP contribution in [0.4, 0.5) is 11.4 Å². The van der Waals surface area contributed by atoms with E-state index in [1.165, 1.54) is 0 Å². The summed E-state index contributed by atoms with van der Waals surface area (Å²) in [5, 5.41) is 0. The molecule has 0 heterocycles. The van der Waals surface area contributed by atoms with Crippen molar-refractivity contribution in [2.75, 3.05) is 11.5 Å². The summed E-state index contributed by atoms with van der Waals surface area (Å²) >= 11 is -1.40. The van der Waals surface area contributed by atoms with Crippen LogP contribution in [0.1, 0.15) is 0 Å². The highest BCUT2D eigenvalue weighted by Gasteiger charge is 2.17. The molecule has 0 radical (unpaired) electrons. The van der Waals surface area contributed by atoms with Gasteiger partial charge in [0.25, 0.3) is 0 Å². The lowest BCUT2D eigenvalue weighted by atomic mass is 10.3. The van der Waals surface area contributed by atoms with Crippen LogP contribution in [-0.2, 0) is 11.2 Å². The van der Waals surface area contributed by atoms with Gasteiger partial charge < -0.3 is 25.5 Å². The third-order valence-corrected chi connectivity index (χ3v) is 5.59. The van der Waals surface area contributed by atoms with E-state index >= 15 is 0 Å². The third kappa shape index (κ3) is 4.86. The largest absolute Gasteiger partial charge is 0.606 e. The molecule has 4 aromatic rings. The zero-order valence-electron chi connectivity index (χ0n) is 16.0. The van der Waals surface area contributed by atoms with Crippen molar-refractivity contribution in [2.24, 2.45) is 0 Å². The van der Waals surface area contributed by atoms with Crippen LogP contribution in [0.3, 0.4) is 0 Å². The van der Waals surface area contributed by atoms with E-state index in [2.05, 4.69) is 0 Å². The number of anilines is 2. The summed E-state index contributed by atoms with van der Waals surface area (Å²) in [5.41, 5.74) is 12.8. The quantitative estimate of drug-likeness (QED) is 0.315. The Balaban J connectivity index is 1.53. The van der Waals surface area contributed by atoms with Crippen molar-refractivity contribution in [3.05, 3.63) is 97.1 Å². The molecule has 0 saturated carbocycles. The molecule has 6 heteroatoms. The molecule has 4 aromatic carbocycles. The number of nitrogen functional groups attached to an aromatic ring is 2. The normalized spacial score (nSPS) is 10.7. The molecule has 0 bridgehead atoms. The van der Waals surface area contributed by atoms with Crippen molar-refractivity contribution in [3.8, 4) is 23.0 Å². The Kier molecular flexibility index (Phi) is 5.79. The lowest BCUT2D eigenvalue weighted by molar-refractivity contribution is 0.480. The Hall–Kier alpha value is -3.61. The average molecular weight is 417 g/mol. The summed E-state index contributed by atoms with van der Waals surface area (Å²) in [6.07, 6.45) is 0. The van der Waals surface area contributed by atoms with Gasteiger partial charge in [-0.05, 0) is 48.5 Å². The molecule has 0 aromatic heterocycles. The van der Waals surface area contributed by atoms with Crippen molar-refractivity contribution in [3.63, 3.8) is 0 Å². The van der Waals surface area contributed by atoms with Gasteiger partial charge in [-0.1, -0.05) is 24.3 Å². The van der Waals surface area contributed by atoms with Gasteiger partial charge in [0, 0.05) is 46.8 Å². The predicted molar refractivity (Wildman–Crippen MR) is 119 cm³/mol. The molecular formula is C24H20N2O3S. The number of rotatable bonds is 6. The summed E-state index contributed by atoms with van der Waals surface area (Å²) in [4.78, 5) is 1.25. The monoisotopic (exact) mass is 416 g/mol. The van der Waals surface area contributed by atoms with Gasteiger partial charge in [0.15, 0.2) is 9.79 Å². The summed E-state index contributed by atoms with van der Waals surface area (Å²) in [6.45, 7) is 0. The number of nitrogens with two attached hydrogens (primary N) is 2. The molecule has 4 N–H and O–H groups in total. The summed E-state index contributed by atoms with van der Waals surface area (Å²) < 4.78 is 24.8. The molecule has 0 fully saturated rings. The van der Waals surface area contributed by atoms with Gasteiger partial charge in [0.2, 0.25) is 0 Å². The van der Waals surface area contributed by atoms with Gasteiger partial charge in [-0.3, -0.25) is 0 Å². The van der Waals surface area contributed by atoms with Gasteiger partial charge in [0.1, 0.15) is 23.0 Å². The first-order chi connectivity index (χ1) is 14.6. The number of hydrogen-bond donors (Lipinski definition) is 2. The van der Waals surface area contributed by atoms with E-state index in [1.54, 1.807) is 48.5 Å². The van der Waals surface area contributed by atoms with Crippen LogP contribution in [0, 0.1) is 0 Å². The molecule has 30 heavy (non-hydrogen) atoms. The van der Waals surface area contributed by atoms with E-state index in [1.807, 2.05) is 48.5 Å². The summed E-state index contributed by atoms with van der Waals surface area (Å²) in [6, 6.07) is 28.7. The first kappa shape index (κ1) is 19.7. The van der Waals surface area contributed by atoms with Crippen LogP contribution < -0.4 is 20.9 Å². The number of hydrogen-bond acceptors (Lipinski definition) is 5. The van der Waals surface area contributed by atoms with E-state index in [4.69, 9.17) is 20.9 Å². The van der Waals surface area contributed by atoms with Crippen LogP contribution in [0.2, 0.25) is 0 Å². The fourth-order valence-corrected chi connectivity index (χ4v) is 3.99. The minimum absolute atomic E-state index is 0.582. The van der Waals surface area contributed by atoms with Crippen LogP contribution in [0.5, 0.6) is 23.0 Å². The first-order valence-electron chi connectivity index (χ1n) is 9.25. The molecule has 0 aliphatic carbocycles. The second-order valence-corrected chi connectivity index (χ2v) is 8.05. The Bertz CT molecular complexity index is 1080. The summed E-state index contributed by atoms with van der Waals surface area (Å²) in [5.74, 6) is 2.41. The van der Waals surface area contributed by atoms with Crippen molar-refractivity contribution >= 4 is 22.6 Å². The fraction of sp³-hybridized carbons (Fsp3) is 0. The van der Waals surface area contributed by atoms with Crippen molar-refractivity contribution < 1.29 is 14.0 Å². The topological polar surface area (TPSA) is 93.6 Å². The highest BCUT2D eigenvalue weighted by molar-refractivity contribution is 7.91. The molecule has 0 aliphatic heterocycles. The zero-order valence-corrected chi connectivity index (χ0v) is 16.8. The average Bonchev–Trinajstić information content (AvgIpc) is 2.74. The lowest BCUT2D eigenvalue weighted by Gasteiger charge is -2.13. The van der Waals surface area contributed by atoms with E-state index in [9.17, 15) is 4.55 Å². The number of benzene rings is 4. The van der Waals surface area contributed by atoms with Crippen molar-refractivity contribution in [1.29, 1.82) is 0 Å². The summed E-state index contributed by atoms with van der Waals surface area (Å²) in [7, 11) is 0. The second-order valence-electron chi connectivity index (χ2n) is 6.57. The maximum absolute atomic E-state index is 13.1. The van der Waals surface area contributed by atoms with Crippen LogP contribution in [0.15, 0.2) is 107 Å². The minimum Gasteiger partial charge on any atom is -0.606 e. The molecule has 0 saturated heterocycles. The molecule has 0 unspecified atom stereocenters. The fourth-order valence-electron chi connectivity index (χ4n) is 2.87. The molecule has 5 nitrogen and oxygen atoms in total. The molecule has 0 amide bonds. The van der Waals surface area contributed by atoms with Crippen LogP contribution in [-0.4, -0.2) is 4.55 Å². The zero-order chi connectivity index (χ0) is 20.9. The Morgan fingerprint density at radius 2 is 0.900 bits per heavy atom. The van der Waals surface area contributed by atoms with Gasteiger partial charge in [-0.15, -0.1) is 0 Å². The number of ether oxygens (including phenoxy) is 2. The molecule has 4 rings (SSSR count). The molecule has 150 valence electrons. The Labute approximate surface area is 178 Å². The highest BCUT2D eigenvalue weighted by Crippen LogP contribution is 2.30. The standard InChI is InChI=1S/C24H20N2O3S/c25-17-5-1-7-19(13-17)28-21-9-3-11-23(15-21)30(27)24-12-4-10-22(16-24)29-20-8-2-6-18(26)14-20/h1-16H,25-26H2. The molecular weight excluding hydrogens is 396 g/mol. The third-order valence-electron chi connectivity index (χ3n) is 4.23. The maximum atomic E-state index is 13.1. The van der Waals surface area contributed by atoms with Gasteiger partial charge in [-0.25, -0.2) is 0 Å². The SMILES string of the molecule is Nc1cccc(Oc2cccc([S+]([O-])c3cccc(Oc4cccc(N)c4)c3)c2)c1. The molecule has 0 spiro atoms. The second kappa shape index (κ2) is 8.82. The van der Waals surface area contributed by atoms with E-state index in [-0.39, 0.29) is 0 Å². The van der Waals surface area contributed by atoms with Gasteiger partial charge in [-0.2, -0.15) is 0 Å². The minimum atomic E-state index is -1.40. The van der Waals surface area contributed by atoms with E-state index in [0.717, 1.165) is 0 Å². The van der Waals surface area contributed by atoms with Crippen LogP contribution in [0.25, 0.3) is 0 Å². The van der Waals surface area contributed by atoms with Gasteiger partial charge >= 0.3 is 0 Å². The molecule has 0 aliphatic rings. The molecule has 0 atom stereocenters. The maximum Gasteiger partial charge on any atom is 0.162 e. The first-order valence-corrected chi connectivity index (χ1v) is 10.4. The van der Waals surface area contributed by atoms with Crippen molar-refractivity contribution in [2.45, 2.75) is 9.79 Å². The smallest absolute Gasteiger partial charge is 0.162 e.